The summed E-state index contributed by atoms with van der Waals surface area (Å²) in [5.41, 5.74) is 0. The van der Waals surface area contributed by atoms with Crippen molar-refractivity contribution in [2.24, 2.45) is 5.92 Å². The van der Waals surface area contributed by atoms with Crippen LogP contribution in [0.5, 0.6) is 0 Å². The normalized spacial score (nSPS) is 14.4. The largest absolute Gasteiger partial charge is 0.462 e. The average molecular weight is 367 g/mol. The van der Waals surface area contributed by atoms with E-state index in [1.165, 1.54) is 44.4 Å². The van der Waals surface area contributed by atoms with Gasteiger partial charge in [-0.05, 0) is 24.3 Å². The first-order valence-corrected chi connectivity index (χ1v) is 9.88. The lowest BCUT2D eigenvalue weighted by molar-refractivity contribution is -0.157. The molecule has 0 aliphatic heterocycles. The Bertz CT molecular complexity index is 524. The van der Waals surface area contributed by atoms with Gasteiger partial charge in [0.1, 0.15) is 12.2 Å². The zero-order chi connectivity index (χ0) is 18.7. The highest BCUT2D eigenvalue weighted by atomic mass is 32.1. The third kappa shape index (κ3) is 7.86. The van der Waals surface area contributed by atoms with Gasteiger partial charge in [-0.15, -0.1) is 17.9 Å². The lowest BCUT2D eigenvalue weighted by atomic mass is 9.90. The summed E-state index contributed by atoms with van der Waals surface area (Å²) in [6.45, 7) is 8.90. The Balaban J connectivity index is 2.89. The topological polar surface area (TPSA) is 52.6 Å². The summed E-state index contributed by atoms with van der Waals surface area (Å²) in [5.74, 6) is -0.939. The molecule has 1 rings (SSSR count). The van der Waals surface area contributed by atoms with Gasteiger partial charge in [0.25, 0.3) is 0 Å². The van der Waals surface area contributed by atoms with Crippen LogP contribution in [-0.4, -0.2) is 18.0 Å². The molecule has 0 saturated carbocycles. The van der Waals surface area contributed by atoms with Crippen molar-refractivity contribution >= 4 is 23.3 Å². The summed E-state index contributed by atoms with van der Waals surface area (Å²) in [5, 5.41) is 1.94. The summed E-state index contributed by atoms with van der Waals surface area (Å²) in [4.78, 5) is 24.1. The second kappa shape index (κ2) is 11.9. The van der Waals surface area contributed by atoms with E-state index in [-0.39, 0.29) is 24.0 Å². The number of carbonyl (C=O) groups is 2. The van der Waals surface area contributed by atoms with Crippen molar-refractivity contribution in [2.75, 3.05) is 0 Å². The molecule has 0 amide bonds. The maximum atomic E-state index is 11.6. The standard InChI is InChI=1S/C20H30O4S/c1-5-7-8-9-10-12-18(23-15(3)21)17(6-2)20(24-16(4)22)19-13-11-14-25-19/h6,11,13-14,17-18,20H,2,5,7-10,12H2,1,3-4H3. The third-order valence-corrected chi connectivity index (χ3v) is 5.01. The molecule has 25 heavy (non-hydrogen) atoms. The number of unbranched alkanes of at least 4 members (excludes halogenated alkanes) is 4. The third-order valence-electron chi connectivity index (χ3n) is 4.08. The minimum absolute atomic E-state index is 0.266. The molecule has 0 aliphatic carbocycles. The van der Waals surface area contributed by atoms with Crippen LogP contribution >= 0.6 is 11.3 Å². The van der Waals surface area contributed by atoms with Crippen LogP contribution in [0.4, 0.5) is 0 Å². The van der Waals surface area contributed by atoms with Gasteiger partial charge in [0.05, 0.1) is 5.92 Å². The number of esters is 2. The number of hydrogen-bond donors (Lipinski definition) is 0. The van der Waals surface area contributed by atoms with Gasteiger partial charge >= 0.3 is 11.9 Å². The van der Waals surface area contributed by atoms with Gasteiger partial charge in [-0.1, -0.05) is 44.7 Å². The fourth-order valence-electron chi connectivity index (χ4n) is 2.92. The lowest BCUT2D eigenvalue weighted by Crippen LogP contribution is -2.31. The number of rotatable bonds is 12. The van der Waals surface area contributed by atoms with Crippen molar-refractivity contribution in [1.82, 2.24) is 0 Å². The molecule has 5 heteroatoms. The molecule has 0 fully saturated rings. The van der Waals surface area contributed by atoms with Gasteiger partial charge in [-0.2, -0.15) is 0 Å². The second-order valence-electron chi connectivity index (χ2n) is 6.21. The molecule has 0 N–H and O–H groups in total. The number of carbonyl (C=O) groups excluding carboxylic acids is 2. The van der Waals surface area contributed by atoms with E-state index in [9.17, 15) is 9.59 Å². The van der Waals surface area contributed by atoms with Gasteiger partial charge in [-0.25, -0.2) is 0 Å². The fraction of sp³-hybridized carbons (Fsp3) is 0.600. The summed E-state index contributed by atoms with van der Waals surface area (Å²) in [6.07, 6.45) is 7.32. The molecular weight excluding hydrogens is 336 g/mol. The number of ether oxygens (including phenoxy) is 2. The maximum absolute atomic E-state index is 11.6. The van der Waals surface area contributed by atoms with Gasteiger partial charge in [-0.3, -0.25) is 9.59 Å². The molecule has 0 aromatic carbocycles. The maximum Gasteiger partial charge on any atom is 0.303 e. The van der Waals surface area contributed by atoms with Crippen LogP contribution < -0.4 is 0 Å². The Morgan fingerprint density at radius 2 is 1.84 bits per heavy atom. The Labute approximate surface area is 155 Å². The minimum atomic E-state index is -0.477. The predicted molar refractivity (Wildman–Crippen MR) is 101 cm³/mol. The van der Waals surface area contributed by atoms with Crippen LogP contribution in [0.1, 0.15) is 70.3 Å². The molecule has 3 atom stereocenters. The monoisotopic (exact) mass is 366 g/mol. The summed E-state index contributed by atoms with van der Waals surface area (Å²) >= 11 is 1.52. The van der Waals surface area contributed by atoms with E-state index in [0.29, 0.717) is 0 Å². The van der Waals surface area contributed by atoms with Crippen LogP contribution in [0, 0.1) is 5.92 Å². The fourth-order valence-corrected chi connectivity index (χ4v) is 3.73. The molecule has 140 valence electrons. The molecule has 0 bridgehead atoms. The van der Waals surface area contributed by atoms with E-state index < -0.39 is 6.10 Å². The molecule has 3 unspecified atom stereocenters. The first kappa shape index (κ1) is 21.4. The Morgan fingerprint density at radius 3 is 2.36 bits per heavy atom. The van der Waals surface area contributed by atoms with Gasteiger partial charge in [0, 0.05) is 18.7 Å². The van der Waals surface area contributed by atoms with Gasteiger partial charge in [0.2, 0.25) is 0 Å². The number of thiophene rings is 1. The average Bonchev–Trinajstić information content (AvgIpc) is 3.07. The molecule has 0 aliphatic rings. The van der Waals surface area contributed by atoms with Crippen molar-refractivity contribution in [3.8, 4) is 0 Å². The molecule has 0 spiro atoms. The SMILES string of the molecule is C=CC(C(CCCCCCC)OC(C)=O)C(OC(C)=O)c1cccs1. The van der Waals surface area contributed by atoms with E-state index >= 15 is 0 Å². The smallest absolute Gasteiger partial charge is 0.303 e. The zero-order valence-electron chi connectivity index (χ0n) is 15.5. The van der Waals surface area contributed by atoms with E-state index in [1.54, 1.807) is 6.08 Å². The first-order valence-electron chi connectivity index (χ1n) is 9.00. The van der Waals surface area contributed by atoms with Crippen LogP contribution in [-0.2, 0) is 19.1 Å². The van der Waals surface area contributed by atoms with Crippen molar-refractivity contribution in [3.63, 3.8) is 0 Å². The van der Waals surface area contributed by atoms with Crippen LogP contribution in [0.15, 0.2) is 30.2 Å². The summed E-state index contributed by atoms with van der Waals surface area (Å²) in [6, 6.07) is 3.85. The second-order valence-corrected chi connectivity index (χ2v) is 7.19. The van der Waals surface area contributed by atoms with Crippen LogP contribution in [0.25, 0.3) is 0 Å². The van der Waals surface area contributed by atoms with E-state index in [1.807, 2.05) is 17.5 Å². The molecule has 1 heterocycles. The van der Waals surface area contributed by atoms with Gasteiger partial charge in [0.15, 0.2) is 0 Å². The lowest BCUT2D eigenvalue weighted by Gasteiger charge is -2.30. The van der Waals surface area contributed by atoms with Crippen LogP contribution in [0.2, 0.25) is 0 Å². The Morgan fingerprint density at radius 1 is 1.16 bits per heavy atom. The number of hydrogen-bond acceptors (Lipinski definition) is 5. The Hall–Kier alpha value is -1.62. The quantitative estimate of drug-likeness (QED) is 0.280. The van der Waals surface area contributed by atoms with Crippen LogP contribution in [0.3, 0.4) is 0 Å². The highest BCUT2D eigenvalue weighted by molar-refractivity contribution is 7.10. The summed E-state index contributed by atoms with van der Waals surface area (Å²) < 4.78 is 11.1. The van der Waals surface area contributed by atoms with E-state index in [0.717, 1.165) is 24.1 Å². The summed E-state index contributed by atoms with van der Waals surface area (Å²) in [7, 11) is 0. The van der Waals surface area contributed by atoms with Crippen molar-refractivity contribution < 1.29 is 19.1 Å². The van der Waals surface area contributed by atoms with E-state index in [4.69, 9.17) is 9.47 Å². The Kier molecular flexibility index (Phi) is 10.2. The molecule has 0 saturated heterocycles. The van der Waals surface area contributed by atoms with Crippen molar-refractivity contribution in [3.05, 3.63) is 35.0 Å². The molecule has 4 nitrogen and oxygen atoms in total. The first-order chi connectivity index (χ1) is 12.0. The molecule has 1 aromatic rings. The predicted octanol–water partition coefficient (Wildman–Crippen LogP) is 5.45. The highest BCUT2D eigenvalue weighted by Crippen LogP contribution is 2.35. The van der Waals surface area contributed by atoms with Gasteiger partial charge < -0.3 is 9.47 Å². The molecular formula is C20H30O4S. The van der Waals surface area contributed by atoms with Crippen molar-refractivity contribution in [1.29, 1.82) is 0 Å². The van der Waals surface area contributed by atoms with E-state index in [2.05, 4.69) is 13.5 Å². The van der Waals surface area contributed by atoms with Crippen molar-refractivity contribution in [2.45, 2.75) is 71.5 Å². The molecule has 0 radical (unpaired) electrons. The molecule has 1 aromatic heterocycles. The highest BCUT2D eigenvalue weighted by Gasteiger charge is 2.33. The minimum Gasteiger partial charge on any atom is -0.462 e. The zero-order valence-corrected chi connectivity index (χ0v) is 16.3.